The van der Waals surface area contributed by atoms with Crippen LogP contribution < -0.4 is 10.5 Å². The van der Waals surface area contributed by atoms with Crippen LogP contribution in [0.5, 0.6) is 5.75 Å². The highest BCUT2D eigenvalue weighted by Crippen LogP contribution is 2.24. The Morgan fingerprint density at radius 2 is 1.95 bits per heavy atom. The summed E-state index contributed by atoms with van der Waals surface area (Å²) in [7, 11) is 2.19. The van der Waals surface area contributed by atoms with Crippen molar-refractivity contribution >= 4 is 5.69 Å². The van der Waals surface area contributed by atoms with Gasteiger partial charge in [-0.2, -0.15) is 0 Å². The predicted octanol–water partition coefficient (Wildman–Crippen LogP) is 3.16. The molecule has 2 N–H and O–H groups in total. The maximum Gasteiger partial charge on any atom is 0.142 e. The Morgan fingerprint density at radius 1 is 1.21 bits per heavy atom. The standard InChI is InChI=1S/C16H26N2O/c1-18(13-14-7-3-2-4-8-14)11-12-19-16-10-6-5-9-15(16)17/h5-6,9-10,14H,2-4,7-8,11-13,17H2,1H3. The van der Waals surface area contributed by atoms with Crippen molar-refractivity contribution in [3.63, 3.8) is 0 Å². The van der Waals surface area contributed by atoms with Gasteiger partial charge in [-0.1, -0.05) is 31.4 Å². The Bertz CT molecular complexity index is 375. The maximum atomic E-state index is 5.85. The highest BCUT2D eigenvalue weighted by Gasteiger charge is 2.15. The van der Waals surface area contributed by atoms with Gasteiger partial charge in [0.15, 0.2) is 0 Å². The molecule has 1 aromatic carbocycles. The van der Waals surface area contributed by atoms with E-state index in [1.54, 1.807) is 0 Å². The number of anilines is 1. The fraction of sp³-hybridized carbons (Fsp3) is 0.625. The first-order chi connectivity index (χ1) is 9.25. The zero-order valence-corrected chi connectivity index (χ0v) is 12.0. The Kier molecular flexibility index (Phi) is 5.52. The molecule has 0 atom stereocenters. The number of benzene rings is 1. The van der Waals surface area contributed by atoms with Crippen LogP contribution in [0.25, 0.3) is 0 Å². The van der Waals surface area contributed by atoms with Crippen LogP contribution in [-0.2, 0) is 0 Å². The van der Waals surface area contributed by atoms with Crippen LogP contribution in [0.4, 0.5) is 5.69 Å². The third-order valence-electron chi connectivity index (χ3n) is 3.94. The van der Waals surface area contributed by atoms with Gasteiger partial charge >= 0.3 is 0 Å². The van der Waals surface area contributed by atoms with Crippen LogP contribution in [0.3, 0.4) is 0 Å². The molecule has 2 rings (SSSR count). The zero-order valence-electron chi connectivity index (χ0n) is 12.0. The van der Waals surface area contributed by atoms with Crippen molar-refractivity contribution in [2.75, 3.05) is 32.5 Å². The van der Waals surface area contributed by atoms with Crippen LogP contribution in [0, 0.1) is 5.92 Å². The lowest BCUT2D eigenvalue weighted by Crippen LogP contribution is -2.30. The van der Waals surface area contributed by atoms with E-state index in [0.717, 1.165) is 23.9 Å². The minimum absolute atomic E-state index is 0.706. The normalized spacial score (nSPS) is 16.7. The second kappa shape index (κ2) is 7.39. The zero-order chi connectivity index (χ0) is 13.5. The van der Waals surface area contributed by atoms with E-state index in [2.05, 4.69) is 11.9 Å². The van der Waals surface area contributed by atoms with Gasteiger partial charge in [0.25, 0.3) is 0 Å². The molecule has 1 saturated carbocycles. The number of nitrogens with two attached hydrogens (primary N) is 1. The SMILES string of the molecule is CN(CCOc1ccccc1N)CC1CCCCC1. The van der Waals surface area contributed by atoms with Crippen molar-refractivity contribution in [1.29, 1.82) is 0 Å². The average Bonchev–Trinajstić information content (AvgIpc) is 2.42. The molecule has 0 bridgehead atoms. The number of rotatable bonds is 6. The van der Waals surface area contributed by atoms with Crippen molar-refractivity contribution in [2.45, 2.75) is 32.1 Å². The molecule has 3 heteroatoms. The van der Waals surface area contributed by atoms with Crippen LogP contribution in [0.2, 0.25) is 0 Å². The highest BCUT2D eigenvalue weighted by atomic mass is 16.5. The molecule has 0 spiro atoms. The van der Waals surface area contributed by atoms with Gasteiger partial charge in [-0.25, -0.2) is 0 Å². The number of ether oxygens (including phenoxy) is 1. The molecule has 0 aromatic heterocycles. The number of hydrogen-bond donors (Lipinski definition) is 1. The summed E-state index contributed by atoms with van der Waals surface area (Å²) in [5.41, 5.74) is 6.57. The van der Waals surface area contributed by atoms with E-state index in [1.807, 2.05) is 24.3 Å². The summed E-state index contributed by atoms with van der Waals surface area (Å²) in [6, 6.07) is 7.69. The van der Waals surface area contributed by atoms with Gasteiger partial charge in [0.1, 0.15) is 12.4 Å². The maximum absolute atomic E-state index is 5.85. The molecule has 1 aliphatic rings. The summed E-state index contributed by atoms with van der Waals surface area (Å²) in [4.78, 5) is 2.38. The van der Waals surface area contributed by atoms with Crippen LogP contribution in [0.1, 0.15) is 32.1 Å². The van der Waals surface area contributed by atoms with Crippen LogP contribution in [-0.4, -0.2) is 31.6 Å². The Balaban J connectivity index is 1.66. The fourth-order valence-corrected chi connectivity index (χ4v) is 2.83. The van der Waals surface area contributed by atoms with Gasteiger partial charge in [0.05, 0.1) is 5.69 Å². The van der Waals surface area contributed by atoms with Gasteiger partial charge in [-0.15, -0.1) is 0 Å². The first kappa shape index (κ1) is 14.2. The quantitative estimate of drug-likeness (QED) is 0.800. The van der Waals surface area contributed by atoms with E-state index in [9.17, 15) is 0 Å². The summed E-state index contributed by atoms with van der Waals surface area (Å²) >= 11 is 0. The number of nitrogen functional groups attached to an aromatic ring is 1. The van der Waals surface area contributed by atoms with Gasteiger partial charge in [-0.05, 0) is 37.9 Å². The van der Waals surface area contributed by atoms with E-state index in [1.165, 1.54) is 38.6 Å². The lowest BCUT2D eigenvalue weighted by Gasteiger charge is -2.26. The molecule has 1 fully saturated rings. The molecule has 0 aliphatic heterocycles. The van der Waals surface area contributed by atoms with Crippen molar-refractivity contribution < 1.29 is 4.74 Å². The monoisotopic (exact) mass is 262 g/mol. The third-order valence-corrected chi connectivity index (χ3v) is 3.94. The molecule has 0 unspecified atom stereocenters. The number of para-hydroxylation sites is 2. The predicted molar refractivity (Wildman–Crippen MR) is 80.4 cm³/mol. The fourth-order valence-electron chi connectivity index (χ4n) is 2.83. The molecule has 0 radical (unpaired) electrons. The van der Waals surface area contributed by atoms with Gasteiger partial charge in [0, 0.05) is 13.1 Å². The molecule has 1 aliphatic carbocycles. The molecule has 0 amide bonds. The van der Waals surface area contributed by atoms with Crippen molar-refractivity contribution in [3.8, 4) is 5.75 Å². The van der Waals surface area contributed by atoms with E-state index < -0.39 is 0 Å². The molecular weight excluding hydrogens is 236 g/mol. The van der Waals surface area contributed by atoms with Gasteiger partial charge in [0.2, 0.25) is 0 Å². The Hall–Kier alpha value is -1.22. The summed E-state index contributed by atoms with van der Waals surface area (Å²) < 4.78 is 5.73. The minimum Gasteiger partial charge on any atom is -0.490 e. The molecular formula is C16H26N2O. The van der Waals surface area contributed by atoms with Crippen LogP contribution >= 0.6 is 0 Å². The van der Waals surface area contributed by atoms with E-state index in [0.29, 0.717) is 6.61 Å². The van der Waals surface area contributed by atoms with Crippen molar-refractivity contribution in [2.24, 2.45) is 5.92 Å². The summed E-state index contributed by atoms with van der Waals surface area (Å²) in [5, 5.41) is 0. The van der Waals surface area contributed by atoms with Crippen molar-refractivity contribution in [1.82, 2.24) is 4.90 Å². The van der Waals surface area contributed by atoms with Gasteiger partial charge in [-0.3, -0.25) is 0 Å². The first-order valence-electron chi connectivity index (χ1n) is 7.41. The van der Waals surface area contributed by atoms with Crippen LogP contribution in [0.15, 0.2) is 24.3 Å². The van der Waals surface area contributed by atoms with Gasteiger partial charge < -0.3 is 15.4 Å². The second-order valence-electron chi connectivity index (χ2n) is 5.65. The second-order valence-corrected chi connectivity index (χ2v) is 5.65. The van der Waals surface area contributed by atoms with E-state index in [4.69, 9.17) is 10.5 Å². The van der Waals surface area contributed by atoms with E-state index >= 15 is 0 Å². The lowest BCUT2D eigenvalue weighted by molar-refractivity contribution is 0.196. The average molecular weight is 262 g/mol. The molecule has 1 aromatic rings. The Morgan fingerprint density at radius 3 is 2.68 bits per heavy atom. The summed E-state index contributed by atoms with van der Waals surface area (Å²) in [5.74, 6) is 1.69. The molecule has 0 heterocycles. The molecule has 3 nitrogen and oxygen atoms in total. The number of nitrogens with zero attached hydrogens (tertiary/aromatic N) is 1. The number of likely N-dealkylation sites (N-methyl/N-ethyl adjacent to an activating group) is 1. The summed E-state index contributed by atoms with van der Waals surface area (Å²) in [6.07, 6.45) is 7.05. The largest absolute Gasteiger partial charge is 0.490 e. The lowest BCUT2D eigenvalue weighted by atomic mass is 9.89. The number of hydrogen-bond acceptors (Lipinski definition) is 3. The third kappa shape index (κ3) is 4.75. The van der Waals surface area contributed by atoms with Crippen molar-refractivity contribution in [3.05, 3.63) is 24.3 Å². The molecule has 19 heavy (non-hydrogen) atoms. The topological polar surface area (TPSA) is 38.5 Å². The molecule has 106 valence electrons. The summed E-state index contributed by atoms with van der Waals surface area (Å²) in [6.45, 7) is 2.87. The minimum atomic E-state index is 0.706. The highest BCUT2D eigenvalue weighted by molar-refractivity contribution is 5.51. The van der Waals surface area contributed by atoms with E-state index in [-0.39, 0.29) is 0 Å². The Labute approximate surface area is 116 Å². The molecule has 0 saturated heterocycles. The first-order valence-corrected chi connectivity index (χ1v) is 7.41. The smallest absolute Gasteiger partial charge is 0.142 e.